The minimum Gasteiger partial charge on any atom is -0.354 e. The molecular weight excluding hydrogens is 210 g/mol. The lowest BCUT2D eigenvalue weighted by Crippen LogP contribution is -1.87. The van der Waals surface area contributed by atoms with E-state index in [0.29, 0.717) is 0 Å². The van der Waals surface area contributed by atoms with Crippen LogP contribution >= 0.6 is 0 Å². The van der Waals surface area contributed by atoms with Crippen LogP contribution in [0.1, 0.15) is 11.3 Å². The van der Waals surface area contributed by atoms with Gasteiger partial charge in [0.15, 0.2) is 0 Å². The number of rotatable bonds is 1. The minimum absolute atomic E-state index is 0.948. The maximum absolute atomic E-state index is 4.32. The number of pyridine rings is 1. The smallest absolute Gasteiger partial charge is 0.137 e. The van der Waals surface area contributed by atoms with Gasteiger partial charge < -0.3 is 9.55 Å². The van der Waals surface area contributed by atoms with E-state index in [1.54, 1.807) is 0 Å². The first-order valence-electron chi connectivity index (χ1n) is 5.73. The molecule has 0 bridgehead atoms. The number of hydrogen-bond donors (Lipinski definition) is 1. The van der Waals surface area contributed by atoms with E-state index in [1.807, 2.05) is 12.3 Å². The molecule has 3 heteroatoms. The molecule has 0 aromatic carbocycles. The third-order valence-electron chi connectivity index (χ3n) is 3.48. The van der Waals surface area contributed by atoms with Crippen molar-refractivity contribution in [3.05, 3.63) is 41.9 Å². The molecule has 3 aromatic heterocycles. The topological polar surface area (TPSA) is 33.6 Å². The molecule has 86 valence electrons. The molecule has 0 aliphatic rings. The number of aryl methyl sites for hydroxylation is 1. The molecule has 0 unspecified atom stereocenters. The van der Waals surface area contributed by atoms with Gasteiger partial charge in [-0.05, 0) is 37.6 Å². The summed E-state index contributed by atoms with van der Waals surface area (Å²) in [6, 6.07) is 6.20. The largest absolute Gasteiger partial charge is 0.354 e. The van der Waals surface area contributed by atoms with Gasteiger partial charge in [-0.3, -0.25) is 0 Å². The summed E-state index contributed by atoms with van der Waals surface area (Å²) >= 11 is 0. The van der Waals surface area contributed by atoms with Crippen molar-refractivity contribution in [3.63, 3.8) is 0 Å². The number of aromatic amines is 1. The van der Waals surface area contributed by atoms with Gasteiger partial charge in [-0.25, -0.2) is 4.98 Å². The second-order valence-corrected chi connectivity index (χ2v) is 4.49. The number of aromatic nitrogens is 3. The van der Waals surface area contributed by atoms with Crippen LogP contribution in [0.15, 0.2) is 30.6 Å². The normalized spacial score (nSPS) is 11.2. The summed E-state index contributed by atoms with van der Waals surface area (Å²) in [6.45, 7) is 4.29. The zero-order valence-electron chi connectivity index (χ0n) is 10.3. The van der Waals surface area contributed by atoms with E-state index in [2.05, 4.69) is 53.8 Å². The number of hydrogen-bond acceptors (Lipinski definition) is 1. The minimum atomic E-state index is 0.948. The van der Waals surface area contributed by atoms with Gasteiger partial charge in [-0.15, -0.1) is 0 Å². The highest BCUT2D eigenvalue weighted by Crippen LogP contribution is 2.28. The van der Waals surface area contributed by atoms with Crippen LogP contribution < -0.4 is 0 Å². The van der Waals surface area contributed by atoms with Gasteiger partial charge in [0.05, 0.1) is 0 Å². The summed E-state index contributed by atoms with van der Waals surface area (Å²) in [5.41, 5.74) is 5.96. The third kappa shape index (κ3) is 1.46. The summed E-state index contributed by atoms with van der Waals surface area (Å²) in [5.74, 6) is 0. The Kier molecular flexibility index (Phi) is 2.08. The fraction of sp³-hybridized carbons (Fsp3) is 0.214. The number of H-pyrrole nitrogens is 1. The molecule has 3 heterocycles. The fourth-order valence-corrected chi connectivity index (χ4v) is 2.22. The van der Waals surface area contributed by atoms with E-state index in [-0.39, 0.29) is 0 Å². The van der Waals surface area contributed by atoms with Gasteiger partial charge in [0.25, 0.3) is 0 Å². The highest BCUT2D eigenvalue weighted by molar-refractivity contribution is 5.83. The van der Waals surface area contributed by atoms with Gasteiger partial charge in [0.2, 0.25) is 0 Å². The Morgan fingerprint density at radius 1 is 1.29 bits per heavy atom. The molecule has 17 heavy (non-hydrogen) atoms. The lowest BCUT2D eigenvalue weighted by atomic mass is 10.1. The molecule has 3 nitrogen and oxygen atoms in total. The number of fused-ring (bicyclic) bond motifs is 1. The summed E-state index contributed by atoms with van der Waals surface area (Å²) in [7, 11) is 2.08. The Balaban J connectivity index is 2.23. The lowest BCUT2D eigenvalue weighted by molar-refractivity contribution is 0.877. The van der Waals surface area contributed by atoms with Crippen molar-refractivity contribution < 1.29 is 0 Å². The first-order valence-corrected chi connectivity index (χ1v) is 5.73. The predicted octanol–water partition coefficient (Wildman–Crippen LogP) is 3.19. The zero-order chi connectivity index (χ0) is 12.0. The maximum Gasteiger partial charge on any atom is 0.137 e. The predicted molar refractivity (Wildman–Crippen MR) is 70.0 cm³/mol. The van der Waals surface area contributed by atoms with Crippen molar-refractivity contribution in [2.75, 3.05) is 0 Å². The van der Waals surface area contributed by atoms with E-state index in [4.69, 9.17) is 0 Å². The molecule has 3 rings (SSSR count). The molecule has 0 radical (unpaired) electrons. The molecule has 3 aromatic rings. The van der Waals surface area contributed by atoms with Crippen molar-refractivity contribution in [2.45, 2.75) is 13.8 Å². The highest BCUT2D eigenvalue weighted by Gasteiger charge is 2.11. The Morgan fingerprint density at radius 2 is 2.12 bits per heavy atom. The summed E-state index contributed by atoms with van der Waals surface area (Å²) < 4.78 is 2.16. The van der Waals surface area contributed by atoms with E-state index in [0.717, 1.165) is 16.7 Å². The Bertz CT molecular complexity index is 656. The lowest BCUT2D eigenvalue weighted by Gasteiger charge is -1.96. The first kappa shape index (κ1) is 10.1. The van der Waals surface area contributed by atoms with E-state index >= 15 is 0 Å². The third-order valence-corrected chi connectivity index (χ3v) is 3.48. The van der Waals surface area contributed by atoms with Crippen LogP contribution in [0.5, 0.6) is 0 Å². The van der Waals surface area contributed by atoms with Gasteiger partial charge >= 0.3 is 0 Å². The Hall–Kier alpha value is -2.03. The maximum atomic E-state index is 4.32. The SMILES string of the molecule is Cc1c(-c2cc3cccnc3[nH]2)cn(C)c1C. The van der Waals surface area contributed by atoms with Crippen molar-refractivity contribution >= 4 is 11.0 Å². The van der Waals surface area contributed by atoms with Gasteiger partial charge in [-0.2, -0.15) is 0 Å². The summed E-state index contributed by atoms with van der Waals surface area (Å²) in [5, 5.41) is 1.16. The number of nitrogens with zero attached hydrogens (tertiary/aromatic N) is 2. The van der Waals surface area contributed by atoms with Crippen molar-refractivity contribution in [1.82, 2.24) is 14.5 Å². The number of nitrogens with one attached hydrogen (secondary N) is 1. The summed E-state index contributed by atoms with van der Waals surface area (Å²) in [6.07, 6.45) is 3.97. The van der Waals surface area contributed by atoms with Gasteiger partial charge in [0.1, 0.15) is 5.65 Å². The van der Waals surface area contributed by atoms with E-state index in [1.165, 1.54) is 16.8 Å². The average Bonchev–Trinajstić information content (AvgIpc) is 2.86. The molecular formula is C14H15N3. The summed E-state index contributed by atoms with van der Waals surface area (Å²) in [4.78, 5) is 7.69. The van der Waals surface area contributed by atoms with Crippen LogP contribution in [0.3, 0.4) is 0 Å². The molecule has 1 N–H and O–H groups in total. The molecule has 0 fully saturated rings. The van der Waals surface area contributed by atoms with Crippen LogP contribution in [0, 0.1) is 13.8 Å². The van der Waals surface area contributed by atoms with E-state index in [9.17, 15) is 0 Å². The van der Waals surface area contributed by atoms with Crippen molar-refractivity contribution in [2.24, 2.45) is 7.05 Å². The van der Waals surface area contributed by atoms with Crippen LogP contribution in [0.2, 0.25) is 0 Å². The molecule has 0 atom stereocenters. The second-order valence-electron chi connectivity index (χ2n) is 4.49. The van der Waals surface area contributed by atoms with Crippen molar-refractivity contribution in [1.29, 1.82) is 0 Å². The zero-order valence-corrected chi connectivity index (χ0v) is 10.3. The molecule has 0 aliphatic heterocycles. The second kappa shape index (κ2) is 3.48. The highest BCUT2D eigenvalue weighted by atomic mass is 14.9. The fourth-order valence-electron chi connectivity index (χ4n) is 2.22. The van der Waals surface area contributed by atoms with Gasteiger partial charge in [-0.1, -0.05) is 0 Å². The van der Waals surface area contributed by atoms with Crippen LogP contribution in [0.4, 0.5) is 0 Å². The molecule has 0 amide bonds. The molecule has 0 saturated carbocycles. The van der Waals surface area contributed by atoms with E-state index < -0.39 is 0 Å². The van der Waals surface area contributed by atoms with Gasteiger partial charge in [0, 0.05) is 41.8 Å². The average molecular weight is 225 g/mol. The van der Waals surface area contributed by atoms with Crippen LogP contribution in [0.25, 0.3) is 22.3 Å². The molecule has 0 aliphatic carbocycles. The standard InChI is InChI=1S/C14H15N3/c1-9-10(2)17(3)8-12(9)13-7-11-5-4-6-15-14(11)16-13/h4-8H,1-3H3,(H,15,16). The Labute approximate surface area is 100 Å². The molecule has 0 saturated heterocycles. The van der Waals surface area contributed by atoms with Crippen LogP contribution in [-0.4, -0.2) is 14.5 Å². The van der Waals surface area contributed by atoms with Crippen molar-refractivity contribution in [3.8, 4) is 11.3 Å². The molecule has 0 spiro atoms. The van der Waals surface area contributed by atoms with Crippen LogP contribution in [-0.2, 0) is 7.05 Å². The first-order chi connectivity index (χ1) is 8.16. The Morgan fingerprint density at radius 3 is 2.76 bits per heavy atom. The monoisotopic (exact) mass is 225 g/mol. The quantitative estimate of drug-likeness (QED) is 0.678.